The molecule has 1 heterocycles. The minimum Gasteiger partial charge on any atom is -0.375 e. The summed E-state index contributed by atoms with van der Waals surface area (Å²) in [7, 11) is 0. The Morgan fingerprint density at radius 1 is 1.19 bits per heavy atom. The van der Waals surface area contributed by atoms with Crippen molar-refractivity contribution in [1.29, 1.82) is 0 Å². The van der Waals surface area contributed by atoms with Crippen LogP contribution in [0, 0.1) is 6.92 Å². The number of benzene rings is 1. The van der Waals surface area contributed by atoms with Crippen LogP contribution in [0.4, 0.5) is 0 Å². The van der Waals surface area contributed by atoms with E-state index < -0.39 is 0 Å². The van der Waals surface area contributed by atoms with Gasteiger partial charge in [-0.2, -0.15) is 0 Å². The van der Waals surface area contributed by atoms with Crippen LogP contribution in [0.15, 0.2) is 24.3 Å². The Morgan fingerprint density at radius 3 is 2.38 bits per heavy atom. The second-order valence-corrected chi connectivity index (χ2v) is 7.62. The van der Waals surface area contributed by atoms with Crippen molar-refractivity contribution in [3.05, 3.63) is 35.4 Å². The molecule has 1 aromatic rings. The van der Waals surface area contributed by atoms with Crippen LogP contribution in [-0.2, 0) is 4.74 Å². The van der Waals surface area contributed by atoms with Gasteiger partial charge in [0.2, 0.25) is 0 Å². The Balaban J connectivity index is 2.04. The highest BCUT2D eigenvalue weighted by molar-refractivity contribution is 5.25. The number of ether oxygens (including phenoxy) is 1. The van der Waals surface area contributed by atoms with Crippen LogP contribution in [0.2, 0.25) is 0 Å². The van der Waals surface area contributed by atoms with Crippen molar-refractivity contribution < 1.29 is 4.74 Å². The fourth-order valence-corrected chi connectivity index (χ4v) is 2.98. The lowest BCUT2D eigenvalue weighted by atomic mass is 9.90. The summed E-state index contributed by atoms with van der Waals surface area (Å²) in [6, 6.07) is 9.00. The molecule has 0 spiro atoms. The van der Waals surface area contributed by atoms with Crippen LogP contribution in [-0.4, -0.2) is 24.3 Å². The first-order chi connectivity index (χ1) is 9.83. The molecule has 2 rings (SSSR count). The fraction of sp³-hybridized carbons (Fsp3) is 0.684. The van der Waals surface area contributed by atoms with Gasteiger partial charge in [-0.25, -0.2) is 0 Å². The zero-order chi connectivity index (χ0) is 15.5. The highest BCUT2D eigenvalue weighted by atomic mass is 16.5. The molecule has 3 unspecified atom stereocenters. The van der Waals surface area contributed by atoms with Gasteiger partial charge < -0.3 is 10.1 Å². The van der Waals surface area contributed by atoms with Crippen molar-refractivity contribution in [2.75, 3.05) is 6.54 Å². The molecule has 21 heavy (non-hydrogen) atoms. The summed E-state index contributed by atoms with van der Waals surface area (Å²) in [6.45, 7) is 12.0. The van der Waals surface area contributed by atoms with Crippen LogP contribution in [0.5, 0.6) is 0 Å². The maximum absolute atomic E-state index is 6.04. The smallest absolute Gasteiger partial charge is 0.0586 e. The zero-order valence-electron chi connectivity index (χ0n) is 14.3. The zero-order valence-corrected chi connectivity index (χ0v) is 14.3. The van der Waals surface area contributed by atoms with Gasteiger partial charge in [0.15, 0.2) is 0 Å². The first-order valence-corrected chi connectivity index (χ1v) is 8.30. The molecule has 1 aromatic carbocycles. The molecule has 1 saturated heterocycles. The minimum absolute atomic E-state index is 0.159. The highest BCUT2D eigenvalue weighted by Crippen LogP contribution is 2.29. The summed E-state index contributed by atoms with van der Waals surface area (Å²) in [5.41, 5.74) is 2.92. The van der Waals surface area contributed by atoms with Gasteiger partial charge in [-0.05, 0) is 65.4 Å². The summed E-state index contributed by atoms with van der Waals surface area (Å²) >= 11 is 0. The van der Waals surface area contributed by atoms with Gasteiger partial charge in [0.05, 0.1) is 12.2 Å². The Labute approximate surface area is 130 Å². The standard InChI is InChI=1S/C19H31NO/c1-14-6-9-16(10-7-14)17(13-20-19(3,4)5)12-18-11-8-15(2)21-18/h6-7,9-10,15,17-18,20H,8,11-13H2,1-5H3. The predicted molar refractivity (Wildman–Crippen MR) is 89.9 cm³/mol. The Bertz CT molecular complexity index is 432. The van der Waals surface area contributed by atoms with E-state index in [1.165, 1.54) is 24.0 Å². The fourth-order valence-electron chi connectivity index (χ4n) is 2.98. The van der Waals surface area contributed by atoms with E-state index in [0.29, 0.717) is 18.1 Å². The van der Waals surface area contributed by atoms with Crippen LogP contribution in [0.3, 0.4) is 0 Å². The lowest BCUT2D eigenvalue weighted by Crippen LogP contribution is -2.39. The molecule has 3 atom stereocenters. The van der Waals surface area contributed by atoms with Crippen molar-refractivity contribution in [2.45, 2.75) is 77.5 Å². The first-order valence-electron chi connectivity index (χ1n) is 8.30. The SMILES string of the molecule is Cc1ccc(C(CNC(C)(C)C)CC2CCC(C)O2)cc1. The van der Waals surface area contributed by atoms with E-state index >= 15 is 0 Å². The largest absolute Gasteiger partial charge is 0.375 e. The molecule has 1 aliphatic heterocycles. The highest BCUT2D eigenvalue weighted by Gasteiger charge is 2.26. The molecule has 2 heteroatoms. The first kappa shape index (κ1) is 16.5. The molecular formula is C19H31NO. The number of hydrogen-bond acceptors (Lipinski definition) is 2. The number of nitrogens with one attached hydrogen (secondary N) is 1. The lowest BCUT2D eigenvalue weighted by Gasteiger charge is -2.27. The average Bonchev–Trinajstić information content (AvgIpc) is 2.80. The van der Waals surface area contributed by atoms with Gasteiger partial charge >= 0.3 is 0 Å². The molecular weight excluding hydrogens is 258 g/mol. The second-order valence-electron chi connectivity index (χ2n) is 7.62. The Morgan fingerprint density at radius 2 is 1.86 bits per heavy atom. The van der Waals surface area contributed by atoms with E-state index in [1.54, 1.807) is 0 Å². The third-order valence-corrected chi connectivity index (χ3v) is 4.29. The third kappa shape index (κ3) is 5.44. The predicted octanol–water partition coefficient (Wildman–Crippen LogP) is 4.42. The maximum atomic E-state index is 6.04. The molecule has 0 radical (unpaired) electrons. The van der Waals surface area contributed by atoms with E-state index in [2.05, 4.69) is 64.2 Å². The Kier molecular flexibility index (Phi) is 5.45. The molecule has 1 aliphatic rings. The van der Waals surface area contributed by atoms with E-state index in [0.717, 1.165) is 13.0 Å². The van der Waals surface area contributed by atoms with E-state index in [4.69, 9.17) is 4.74 Å². The van der Waals surface area contributed by atoms with E-state index in [9.17, 15) is 0 Å². The summed E-state index contributed by atoms with van der Waals surface area (Å²) < 4.78 is 6.04. The number of aryl methyl sites for hydroxylation is 1. The van der Waals surface area contributed by atoms with Crippen molar-refractivity contribution in [3.8, 4) is 0 Å². The van der Waals surface area contributed by atoms with Crippen molar-refractivity contribution in [3.63, 3.8) is 0 Å². The van der Waals surface area contributed by atoms with E-state index in [-0.39, 0.29) is 5.54 Å². The number of hydrogen-bond donors (Lipinski definition) is 1. The van der Waals surface area contributed by atoms with Crippen LogP contribution in [0.25, 0.3) is 0 Å². The summed E-state index contributed by atoms with van der Waals surface area (Å²) in [6.07, 6.45) is 4.39. The molecule has 118 valence electrons. The maximum Gasteiger partial charge on any atom is 0.0586 e. The molecule has 0 bridgehead atoms. The molecule has 0 amide bonds. The van der Waals surface area contributed by atoms with Crippen LogP contribution in [0.1, 0.15) is 64.0 Å². The van der Waals surface area contributed by atoms with Crippen molar-refractivity contribution in [1.82, 2.24) is 5.32 Å². The van der Waals surface area contributed by atoms with Gasteiger partial charge in [-0.1, -0.05) is 29.8 Å². The summed E-state index contributed by atoms with van der Waals surface area (Å²) in [5, 5.41) is 3.66. The van der Waals surface area contributed by atoms with Crippen LogP contribution < -0.4 is 5.32 Å². The van der Waals surface area contributed by atoms with Gasteiger partial charge in [0.25, 0.3) is 0 Å². The average molecular weight is 289 g/mol. The lowest BCUT2D eigenvalue weighted by molar-refractivity contribution is 0.0462. The topological polar surface area (TPSA) is 21.3 Å². The third-order valence-electron chi connectivity index (χ3n) is 4.29. The van der Waals surface area contributed by atoms with Crippen molar-refractivity contribution in [2.24, 2.45) is 0 Å². The van der Waals surface area contributed by atoms with Crippen molar-refractivity contribution >= 4 is 0 Å². The monoisotopic (exact) mass is 289 g/mol. The molecule has 1 N–H and O–H groups in total. The summed E-state index contributed by atoms with van der Waals surface area (Å²) in [4.78, 5) is 0. The summed E-state index contributed by atoms with van der Waals surface area (Å²) in [5.74, 6) is 0.528. The Hall–Kier alpha value is -0.860. The quantitative estimate of drug-likeness (QED) is 0.866. The molecule has 2 nitrogen and oxygen atoms in total. The van der Waals surface area contributed by atoms with Crippen LogP contribution >= 0.6 is 0 Å². The van der Waals surface area contributed by atoms with E-state index in [1.807, 2.05) is 0 Å². The molecule has 1 fully saturated rings. The second kappa shape index (κ2) is 6.93. The molecule has 0 aliphatic carbocycles. The van der Waals surface area contributed by atoms with Gasteiger partial charge in [-0.15, -0.1) is 0 Å². The van der Waals surface area contributed by atoms with Gasteiger partial charge in [-0.3, -0.25) is 0 Å². The van der Waals surface area contributed by atoms with Gasteiger partial charge in [0.1, 0.15) is 0 Å². The van der Waals surface area contributed by atoms with Gasteiger partial charge in [0, 0.05) is 12.1 Å². The number of rotatable bonds is 5. The molecule has 0 saturated carbocycles. The normalized spacial score (nSPS) is 24.2. The minimum atomic E-state index is 0.159. The molecule has 0 aromatic heterocycles.